The van der Waals surface area contributed by atoms with Crippen molar-refractivity contribution in [1.82, 2.24) is 0 Å². The SMILES string of the molecule is N#CCSc1ccc(F)c2c1C(=O)CC2. The number of nitrogens with zero attached hydrogens (tertiary/aromatic N) is 1. The number of halogens is 1. The quantitative estimate of drug-likeness (QED) is 0.721. The van der Waals surface area contributed by atoms with Gasteiger partial charge in [0, 0.05) is 22.4 Å². The Morgan fingerprint density at radius 2 is 2.27 bits per heavy atom. The minimum atomic E-state index is -0.308. The van der Waals surface area contributed by atoms with Crippen molar-refractivity contribution in [3.8, 4) is 6.07 Å². The van der Waals surface area contributed by atoms with Crippen molar-refractivity contribution < 1.29 is 9.18 Å². The van der Waals surface area contributed by atoms with Crippen LogP contribution in [0.15, 0.2) is 17.0 Å². The minimum Gasteiger partial charge on any atom is -0.294 e. The summed E-state index contributed by atoms with van der Waals surface area (Å²) in [6.45, 7) is 0. The lowest BCUT2D eigenvalue weighted by molar-refractivity contribution is 0.0992. The van der Waals surface area contributed by atoms with Crippen molar-refractivity contribution in [2.24, 2.45) is 0 Å². The average molecular weight is 221 g/mol. The Hall–Kier alpha value is -1.34. The predicted molar refractivity (Wildman–Crippen MR) is 55.4 cm³/mol. The minimum absolute atomic E-state index is 0.00932. The number of rotatable bonds is 2. The van der Waals surface area contributed by atoms with Gasteiger partial charge in [-0.25, -0.2) is 4.39 Å². The van der Waals surface area contributed by atoms with Gasteiger partial charge in [-0.3, -0.25) is 4.79 Å². The van der Waals surface area contributed by atoms with E-state index in [1.807, 2.05) is 6.07 Å². The van der Waals surface area contributed by atoms with Crippen LogP contribution in [-0.4, -0.2) is 11.5 Å². The topological polar surface area (TPSA) is 40.9 Å². The first kappa shape index (κ1) is 10.2. The molecule has 0 fully saturated rings. The fourth-order valence-electron chi connectivity index (χ4n) is 1.74. The van der Waals surface area contributed by atoms with Gasteiger partial charge in [-0.05, 0) is 18.6 Å². The molecule has 1 aromatic carbocycles. The normalized spacial score (nSPS) is 13.7. The van der Waals surface area contributed by atoms with E-state index in [9.17, 15) is 9.18 Å². The van der Waals surface area contributed by atoms with E-state index < -0.39 is 0 Å². The van der Waals surface area contributed by atoms with Gasteiger partial charge in [-0.15, -0.1) is 11.8 Å². The fraction of sp³-hybridized carbons (Fsp3) is 0.273. The molecule has 76 valence electrons. The third kappa shape index (κ3) is 1.75. The summed E-state index contributed by atoms with van der Waals surface area (Å²) in [4.78, 5) is 12.3. The Morgan fingerprint density at radius 3 is 3.00 bits per heavy atom. The third-order valence-electron chi connectivity index (χ3n) is 2.39. The van der Waals surface area contributed by atoms with Gasteiger partial charge in [0.2, 0.25) is 0 Å². The standard InChI is InChI=1S/C11H8FNOS/c12-8-2-4-10(15-6-5-13)11-7(8)1-3-9(11)14/h2,4H,1,3,6H2. The fourth-order valence-corrected chi connectivity index (χ4v) is 2.51. The zero-order valence-corrected chi connectivity index (χ0v) is 8.73. The number of fused-ring (bicyclic) bond motifs is 1. The molecule has 0 aromatic heterocycles. The van der Waals surface area contributed by atoms with E-state index in [0.717, 1.165) is 4.90 Å². The number of carbonyl (C=O) groups excluding carboxylic acids is 1. The number of ketones is 1. The van der Waals surface area contributed by atoms with Gasteiger partial charge in [0.05, 0.1) is 11.8 Å². The molecule has 0 N–H and O–H groups in total. The van der Waals surface area contributed by atoms with Gasteiger partial charge < -0.3 is 0 Å². The van der Waals surface area contributed by atoms with Crippen LogP contribution in [0.25, 0.3) is 0 Å². The van der Waals surface area contributed by atoms with Gasteiger partial charge in [-0.1, -0.05) is 0 Å². The summed E-state index contributed by atoms with van der Waals surface area (Å²) in [6, 6.07) is 4.95. The van der Waals surface area contributed by atoms with Crippen LogP contribution in [0.2, 0.25) is 0 Å². The molecule has 1 aliphatic carbocycles. The van der Waals surface area contributed by atoms with Crippen LogP contribution >= 0.6 is 11.8 Å². The van der Waals surface area contributed by atoms with Crippen molar-refractivity contribution >= 4 is 17.5 Å². The van der Waals surface area contributed by atoms with E-state index in [4.69, 9.17) is 5.26 Å². The van der Waals surface area contributed by atoms with E-state index in [0.29, 0.717) is 24.0 Å². The molecule has 0 aliphatic heterocycles. The molecule has 0 heterocycles. The third-order valence-corrected chi connectivity index (χ3v) is 3.32. The largest absolute Gasteiger partial charge is 0.294 e. The monoisotopic (exact) mass is 221 g/mol. The highest BCUT2D eigenvalue weighted by Crippen LogP contribution is 2.33. The van der Waals surface area contributed by atoms with Crippen LogP contribution in [0.1, 0.15) is 22.3 Å². The second-order valence-corrected chi connectivity index (χ2v) is 4.29. The maximum absolute atomic E-state index is 13.3. The van der Waals surface area contributed by atoms with E-state index in [1.54, 1.807) is 6.07 Å². The summed E-state index contributed by atoms with van der Waals surface area (Å²) in [5.41, 5.74) is 1.01. The van der Waals surface area contributed by atoms with Crippen molar-refractivity contribution in [3.63, 3.8) is 0 Å². The number of hydrogen-bond acceptors (Lipinski definition) is 3. The Bertz CT molecular complexity index is 464. The molecule has 15 heavy (non-hydrogen) atoms. The van der Waals surface area contributed by atoms with Crippen LogP contribution in [0.3, 0.4) is 0 Å². The Kier molecular flexibility index (Phi) is 2.74. The molecule has 2 rings (SSSR count). The highest BCUT2D eigenvalue weighted by molar-refractivity contribution is 7.99. The molecular weight excluding hydrogens is 213 g/mol. The maximum Gasteiger partial charge on any atom is 0.164 e. The molecule has 4 heteroatoms. The Balaban J connectivity index is 2.45. The van der Waals surface area contributed by atoms with Crippen LogP contribution < -0.4 is 0 Å². The molecule has 0 saturated carbocycles. The lowest BCUT2D eigenvalue weighted by atomic mass is 10.1. The number of nitriles is 1. The predicted octanol–water partition coefficient (Wildman–Crippen LogP) is 2.57. The summed E-state index contributed by atoms with van der Waals surface area (Å²) in [7, 11) is 0. The van der Waals surface area contributed by atoms with Gasteiger partial charge in [0.25, 0.3) is 0 Å². The first-order chi connectivity index (χ1) is 7.24. The van der Waals surface area contributed by atoms with Gasteiger partial charge in [0.15, 0.2) is 5.78 Å². The Morgan fingerprint density at radius 1 is 1.47 bits per heavy atom. The van der Waals surface area contributed by atoms with Crippen LogP contribution in [0.4, 0.5) is 4.39 Å². The van der Waals surface area contributed by atoms with E-state index >= 15 is 0 Å². The van der Waals surface area contributed by atoms with Crippen LogP contribution in [0.5, 0.6) is 0 Å². The molecule has 0 unspecified atom stereocenters. The van der Waals surface area contributed by atoms with Crippen LogP contribution in [0, 0.1) is 17.1 Å². The number of benzene rings is 1. The first-order valence-electron chi connectivity index (χ1n) is 4.58. The van der Waals surface area contributed by atoms with E-state index in [-0.39, 0.29) is 17.4 Å². The summed E-state index contributed by atoms with van der Waals surface area (Å²) >= 11 is 1.29. The lowest BCUT2D eigenvalue weighted by Gasteiger charge is -2.05. The molecule has 0 atom stereocenters. The molecule has 1 aliphatic rings. The van der Waals surface area contributed by atoms with Gasteiger partial charge >= 0.3 is 0 Å². The lowest BCUT2D eigenvalue weighted by Crippen LogP contribution is -1.96. The molecule has 1 aromatic rings. The Labute approximate surface area is 91.1 Å². The molecule has 0 bridgehead atoms. The van der Waals surface area contributed by atoms with Crippen molar-refractivity contribution in [1.29, 1.82) is 5.26 Å². The molecule has 0 radical (unpaired) electrons. The van der Waals surface area contributed by atoms with Crippen molar-refractivity contribution in [2.45, 2.75) is 17.7 Å². The van der Waals surface area contributed by atoms with Crippen molar-refractivity contribution in [3.05, 3.63) is 29.1 Å². The van der Waals surface area contributed by atoms with Gasteiger partial charge in [0.1, 0.15) is 5.82 Å². The molecule has 2 nitrogen and oxygen atoms in total. The smallest absolute Gasteiger partial charge is 0.164 e. The summed E-state index contributed by atoms with van der Waals surface area (Å²) in [6.07, 6.45) is 0.872. The summed E-state index contributed by atoms with van der Waals surface area (Å²) < 4.78 is 13.3. The summed E-state index contributed by atoms with van der Waals surface area (Å²) in [5.74, 6) is -0.0344. The molecule has 0 amide bonds. The zero-order chi connectivity index (χ0) is 10.8. The maximum atomic E-state index is 13.3. The number of carbonyl (C=O) groups is 1. The summed E-state index contributed by atoms with van der Waals surface area (Å²) in [5, 5.41) is 8.47. The number of Topliss-reactive ketones (excluding diaryl/α,β-unsaturated/α-hetero) is 1. The molecular formula is C11H8FNOS. The van der Waals surface area contributed by atoms with Crippen LogP contribution in [-0.2, 0) is 6.42 Å². The zero-order valence-electron chi connectivity index (χ0n) is 7.92. The molecule has 0 spiro atoms. The molecule has 0 saturated heterocycles. The van der Waals surface area contributed by atoms with E-state index in [1.165, 1.54) is 17.8 Å². The number of hydrogen-bond donors (Lipinski definition) is 0. The highest BCUT2D eigenvalue weighted by Gasteiger charge is 2.25. The van der Waals surface area contributed by atoms with E-state index in [2.05, 4.69) is 0 Å². The second-order valence-electron chi connectivity index (χ2n) is 3.27. The first-order valence-corrected chi connectivity index (χ1v) is 5.57. The van der Waals surface area contributed by atoms with Gasteiger partial charge in [-0.2, -0.15) is 5.26 Å². The van der Waals surface area contributed by atoms with Crippen molar-refractivity contribution in [2.75, 3.05) is 5.75 Å². The second kappa shape index (κ2) is 4.03. The average Bonchev–Trinajstić information content (AvgIpc) is 2.61. The number of thioether (sulfide) groups is 1. The highest BCUT2D eigenvalue weighted by atomic mass is 32.2.